The van der Waals surface area contributed by atoms with Gasteiger partial charge in [-0.2, -0.15) is 0 Å². The molecule has 124 valence electrons. The number of hydrogen-bond acceptors (Lipinski definition) is 4. The van der Waals surface area contributed by atoms with Crippen molar-refractivity contribution in [2.24, 2.45) is 0 Å². The second-order valence-electron chi connectivity index (χ2n) is 4.79. The summed E-state index contributed by atoms with van der Waals surface area (Å²) in [5.74, 6) is 1.02. The van der Waals surface area contributed by atoms with Crippen LogP contribution in [0.3, 0.4) is 0 Å². The summed E-state index contributed by atoms with van der Waals surface area (Å²) in [6.45, 7) is 4.41. The molecule has 0 radical (unpaired) electrons. The highest BCUT2D eigenvalue weighted by atomic mass is 32.2. The molecule has 0 fully saturated rings. The molecular formula is C14H23N3O3S2. The molecule has 1 rings (SSSR count). The molecule has 8 heteroatoms. The molecule has 2 amide bonds. The molecule has 1 atom stereocenters. The molecule has 0 aliphatic rings. The van der Waals surface area contributed by atoms with Crippen LogP contribution >= 0.6 is 11.8 Å². The molecule has 1 unspecified atom stereocenters. The first-order chi connectivity index (χ1) is 10.3. The molecule has 0 spiro atoms. The highest BCUT2D eigenvalue weighted by Gasteiger charge is 2.09. The van der Waals surface area contributed by atoms with Crippen LogP contribution in [0.4, 0.5) is 4.79 Å². The van der Waals surface area contributed by atoms with Gasteiger partial charge in [0.2, 0.25) is 10.0 Å². The molecule has 0 heterocycles. The number of urea groups is 1. The lowest BCUT2D eigenvalue weighted by Crippen LogP contribution is -2.41. The van der Waals surface area contributed by atoms with E-state index in [0.717, 1.165) is 17.6 Å². The summed E-state index contributed by atoms with van der Waals surface area (Å²) in [5, 5.41) is 5.42. The van der Waals surface area contributed by atoms with Gasteiger partial charge in [0.05, 0.1) is 12.3 Å². The van der Waals surface area contributed by atoms with Crippen LogP contribution in [0.1, 0.15) is 25.5 Å². The van der Waals surface area contributed by atoms with Gasteiger partial charge in [-0.05, 0) is 30.4 Å². The van der Waals surface area contributed by atoms with Gasteiger partial charge in [-0.15, -0.1) is 11.8 Å². The minimum Gasteiger partial charge on any atom is -0.337 e. The lowest BCUT2D eigenvalue weighted by molar-refractivity contribution is 0.238. The predicted octanol–water partition coefficient (Wildman–Crippen LogP) is 1.71. The largest absolute Gasteiger partial charge is 0.337 e. The fourth-order valence-electron chi connectivity index (χ4n) is 1.76. The van der Waals surface area contributed by atoms with Gasteiger partial charge >= 0.3 is 6.03 Å². The van der Waals surface area contributed by atoms with Crippen molar-refractivity contribution in [2.75, 3.05) is 25.1 Å². The SMILES string of the molecule is CCSc1ccc(C(C)NC(=O)NCCNS(C)(=O)=O)cc1. The number of amides is 2. The van der Waals surface area contributed by atoms with Crippen molar-refractivity contribution in [1.82, 2.24) is 15.4 Å². The summed E-state index contributed by atoms with van der Waals surface area (Å²) in [7, 11) is -3.22. The number of hydrogen-bond donors (Lipinski definition) is 3. The Morgan fingerprint density at radius 1 is 1.23 bits per heavy atom. The molecule has 6 nitrogen and oxygen atoms in total. The third kappa shape index (κ3) is 7.67. The minimum absolute atomic E-state index is 0.122. The second kappa shape index (κ2) is 9.02. The Balaban J connectivity index is 2.37. The monoisotopic (exact) mass is 345 g/mol. The number of rotatable bonds is 8. The topological polar surface area (TPSA) is 87.3 Å². The highest BCUT2D eigenvalue weighted by molar-refractivity contribution is 7.99. The van der Waals surface area contributed by atoms with Gasteiger partial charge in [0, 0.05) is 18.0 Å². The van der Waals surface area contributed by atoms with E-state index in [-0.39, 0.29) is 25.2 Å². The lowest BCUT2D eigenvalue weighted by atomic mass is 10.1. The zero-order valence-electron chi connectivity index (χ0n) is 13.0. The minimum atomic E-state index is -3.22. The van der Waals surface area contributed by atoms with E-state index in [0.29, 0.717) is 0 Å². The first kappa shape index (κ1) is 18.8. The number of thioether (sulfide) groups is 1. The van der Waals surface area contributed by atoms with Crippen molar-refractivity contribution in [3.05, 3.63) is 29.8 Å². The zero-order valence-corrected chi connectivity index (χ0v) is 14.7. The van der Waals surface area contributed by atoms with Gasteiger partial charge in [-0.3, -0.25) is 0 Å². The number of carbonyl (C=O) groups is 1. The highest BCUT2D eigenvalue weighted by Crippen LogP contribution is 2.20. The smallest absolute Gasteiger partial charge is 0.315 e. The van der Waals surface area contributed by atoms with Crippen molar-refractivity contribution < 1.29 is 13.2 Å². The standard InChI is InChI=1S/C14H23N3O3S2/c1-4-21-13-7-5-12(6-8-13)11(2)17-14(18)15-9-10-16-22(3,19)20/h5-8,11,16H,4,9-10H2,1-3H3,(H2,15,17,18). The summed E-state index contributed by atoms with van der Waals surface area (Å²) in [6, 6.07) is 7.62. The Morgan fingerprint density at radius 3 is 2.41 bits per heavy atom. The van der Waals surface area contributed by atoms with Crippen LogP contribution in [0, 0.1) is 0 Å². The van der Waals surface area contributed by atoms with Gasteiger partial charge in [-0.25, -0.2) is 17.9 Å². The van der Waals surface area contributed by atoms with E-state index in [2.05, 4.69) is 22.3 Å². The summed E-state index contributed by atoms with van der Waals surface area (Å²) < 4.78 is 24.1. The number of nitrogens with one attached hydrogen (secondary N) is 3. The fourth-order valence-corrected chi connectivity index (χ4v) is 2.90. The van der Waals surface area contributed by atoms with Gasteiger partial charge in [0.25, 0.3) is 0 Å². The van der Waals surface area contributed by atoms with E-state index in [9.17, 15) is 13.2 Å². The molecular weight excluding hydrogens is 322 g/mol. The van der Waals surface area contributed by atoms with Crippen molar-refractivity contribution in [2.45, 2.75) is 24.8 Å². The van der Waals surface area contributed by atoms with Crippen LogP contribution in [0.25, 0.3) is 0 Å². The van der Waals surface area contributed by atoms with Crippen molar-refractivity contribution in [3.8, 4) is 0 Å². The van der Waals surface area contributed by atoms with Crippen LogP contribution in [0.2, 0.25) is 0 Å². The van der Waals surface area contributed by atoms with E-state index in [1.807, 2.05) is 31.2 Å². The van der Waals surface area contributed by atoms with Gasteiger partial charge < -0.3 is 10.6 Å². The first-order valence-corrected chi connectivity index (χ1v) is 9.91. The summed E-state index contributed by atoms with van der Waals surface area (Å²) in [6.07, 6.45) is 1.08. The maximum absolute atomic E-state index is 11.7. The zero-order chi connectivity index (χ0) is 16.6. The molecule has 1 aromatic rings. The van der Waals surface area contributed by atoms with Crippen molar-refractivity contribution in [3.63, 3.8) is 0 Å². The molecule has 1 aromatic carbocycles. The molecule has 0 bridgehead atoms. The van der Waals surface area contributed by atoms with E-state index in [1.165, 1.54) is 4.90 Å². The molecule has 22 heavy (non-hydrogen) atoms. The summed E-state index contributed by atoms with van der Waals surface area (Å²) in [5.41, 5.74) is 1.02. The van der Waals surface area contributed by atoms with Crippen LogP contribution in [-0.2, 0) is 10.0 Å². The second-order valence-corrected chi connectivity index (χ2v) is 7.96. The number of benzene rings is 1. The lowest BCUT2D eigenvalue weighted by Gasteiger charge is -2.15. The van der Waals surface area contributed by atoms with E-state index in [1.54, 1.807) is 11.8 Å². The average molecular weight is 345 g/mol. The maximum Gasteiger partial charge on any atom is 0.315 e. The first-order valence-electron chi connectivity index (χ1n) is 7.03. The van der Waals surface area contributed by atoms with E-state index in [4.69, 9.17) is 0 Å². The Hall–Kier alpha value is -1.25. The number of carbonyl (C=O) groups excluding carboxylic acids is 1. The molecule has 0 saturated heterocycles. The van der Waals surface area contributed by atoms with E-state index >= 15 is 0 Å². The Bertz CT molecular complexity index is 574. The van der Waals surface area contributed by atoms with Gasteiger partial charge in [0.1, 0.15) is 0 Å². The van der Waals surface area contributed by atoms with Crippen LogP contribution < -0.4 is 15.4 Å². The predicted molar refractivity (Wildman–Crippen MR) is 90.6 cm³/mol. The third-order valence-electron chi connectivity index (χ3n) is 2.81. The van der Waals surface area contributed by atoms with E-state index < -0.39 is 10.0 Å². The summed E-state index contributed by atoms with van der Waals surface area (Å²) >= 11 is 1.77. The van der Waals surface area contributed by atoms with Gasteiger partial charge in [0.15, 0.2) is 0 Å². The molecule has 0 aromatic heterocycles. The Labute approximate surface area is 136 Å². The van der Waals surface area contributed by atoms with Gasteiger partial charge in [-0.1, -0.05) is 19.1 Å². The van der Waals surface area contributed by atoms with Crippen LogP contribution in [0.15, 0.2) is 29.2 Å². The average Bonchev–Trinajstić information content (AvgIpc) is 2.44. The van der Waals surface area contributed by atoms with Crippen LogP contribution in [-0.4, -0.2) is 39.5 Å². The van der Waals surface area contributed by atoms with Crippen LogP contribution in [0.5, 0.6) is 0 Å². The Morgan fingerprint density at radius 2 is 1.86 bits per heavy atom. The Kier molecular flexibility index (Phi) is 7.70. The maximum atomic E-state index is 11.7. The van der Waals surface area contributed by atoms with Crippen molar-refractivity contribution in [1.29, 1.82) is 0 Å². The number of sulfonamides is 1. The fraction of sp³-hybridized carbons (Fsp3) is 0.500. The summed E-state index contributed by atoms with van der Waals surface area (Å²) in [4.78, 5) is 12.9. The molecule has 0 saturated carbocycles. The quantitative estimate of drug-likeness (QED) is 0.494. The molecule has 0 aliphatic heterocycles. The normalized spacial score (nSPS) is 12.7. The molecule has 3 N–H and O–H groups in total. The third-order valence-corrected chi connectivity index (χ3v) is 4.44. The van der Waals surface area contributed by atoms with Crippen molar-refractivity contribution >= 4 is 27.8 Å². The molecule has 0 aliphatic carbocycles.